The molecule has 0 saturated carbocycles. The van der Waals surface area contributed by atoms with Crippen molar-refractivity contribution in [2.24, 2.45) is 0 Å². The van der Waals surface area contributed by atoms with Crippen LogP contribution in [-0.4, -0.2) is 51.7 Å². The van der Waals surface area contributed by atoms with Crippen LogP contribution in [0.1, 0.15) is 23.6 Å². The molecular formula is C33H35Cl3N4O. The highest BCUT2D eigenvalue weighted by molar-refractivity contribution is 6.31. The predicted molar refractivity (Wildman–Crippen MR) is 174 cm³/mol. The Morgan fingerprint density at radius 2 is 1.22 bits per heavy atom. The number of aromatic nitrogens is 2. The summed E-state index contributed by atoms with van der Waals surface area (Å²) in [4.78, 5) is 18.7. The first-order valence-electron chi connectivity index (χ1n) is 13.7. The van der Waals surface area contributed by atoms with Gasteiger partial charge in [-0.1, -0.05) is 90.5 Å². The van der Waals surface area contributed by atoms with Gasteiger partial charge in [-0.25, -0.2) is 4.79 Å². The average Bonchev–Trinajstić information content (AvgIpc) is 3.25. The van der Waals surface area contributed by atoms with Crippen LogP contribution in [-0.2, 0) is 6.54 Å². The second-order valence-corrected chi connectivity index (χ2v) is 10.6. The van der Waals surface area contributed by atoms with Crippen LogP contribution in [0, 0.1) is 0 Å². The first-order chi connectivity index (χ1) is 19.2. The number of benzene rings is 4. The zero-order valence-corrected chi connectivity index (χ0v) is 25.2. The van der Waals surface area contributed by atoms with Crippen LogP contribution < -0.4 is 5.69 Å². The van der Waals surface area contributed by atoms with E-state index in [-0.39, 0.29) is 36.5 Å². The van der Waals surface area contributed by atoms with E-state index in [0.29, 0.717) is 11.6 Å². The lowest BCUT2D eigenvalue weighted by molar-refractivity contribution is 0.108. The zero-order chi connectivity index (χ0) is 26.6. The Bertz CT molecular complexity index is 1540. The average molecular weight is 610 g/mol. The highest BCUT2D eigenvalue weighted by Crippen LogP contribution is 2.29. The number of hydrogen-bond donors (Lipinski definition) is 0. The molecule has 1 aliphatic rings. The van der Waals surface area contributed by atoms with Gasteiger partial charge >= 0.3 is 5.69 Å². The molecule has 214 valence electrons. The quantitative estimate of drug-likeness (QED) is 0.188. The van der Waals surface area contributed by atoms with Crippen molar-refractivity contribution >= 4 is 47.4 Å². The van der Waals surface area contributed by atoms with Crippen molar-refractivity contribution in [1.29, 1.82) is 0 Å². The lowest BCUT2D eigenvalue weighted by Crippen LogP contribution is -2.48. The molecule has 5 aromatic rings. The summed E-state index contributed by atoms with van der Waals surface area (Å²) >= 11 is 6.32. The summed E-state index contributed by atoms with van der Waals surface area (Å²) in [5, 5.41) is 0.631. The SMILES string of the molecule is Cl.Cl.O=c1n(CCCN2CCN(C(c3ccccc3)c3ccccc3)CC2)c2ccc(Cl)cc2n1-c1ccccc1. The number of imidazole rings is 1. The third-order valence-corrected chi connectivity index (χ3v) is 8.00. The Kier molecular flexibility index (Phi) is 10.7. The molecular weight excluding hydrogens is 575 g/mol. The highest BCUT2D eigenvalue weighted by atomic mass is 35.5. The molecule has 0 radical (unpaired) electrons. The van der Waals surface area contributed by atoms with Gasteiger partial charge in [0.25, 0.3) is 0 Å². The normalized spacial score (nSPS) is 14.1. The van der Waals surface area contributed by atoms with E-state index in [1.807, 2.05) is 53.1 Å². The molecule has 2 heterocycles. The molecule has 6 rings (SSSR count). The molecule has 4 aromatic carbocycles. The number of hydrogen-bond acceptors (Lipinski definition) is 3. The van der Waals surface area contributed by atoms with Crippen molar-refractivity contribution in [3.63, 3.8) is 0 Å². The second kappa shape index (κ2) is 14.2. The van der Waals surface area contributed by atoms with Crippen molar-refractivity contribution in [1.82, 2.24) is 18.9 Å². The fourth-order valence-corrected chi connectivity index (χ4v) is 6.02. The van der Waals surface area contributed by atoms with Gasteiger partial charge in [-0.05, 0) is 54.4 Å². The first-order valence-corrected chi connectivity index (χ1v) is 14.1. The standard InChI is InChI=1S/C33H33ClN4O.2ClH/c34-28-17-18-30-31(25-28)38(29-15-8-3-9-16-29)33(39)37(30)20-10-19-35-21-23-36(24-22-35)32(26-11-4-1-5-12-26)27-13-6-2-7-14-27;;/h1-9,11-18,25,32H,10,19-24H2;2*1H. The van der Waals surface area contributed by atoms with Crippen LogP contribution in [0.5, 0.6) is 0 Å². The number of nitrogens with zero attached hydrogens (tertiary/aromatic N) is 4. The molecule has 1 aromatic heterocycles. The summed E-state index contributed by atoms with van der Waals surface area (Å²) in [5.74, 6) is 0. The van der Waals surface area contributed by atoms with Gasteiger partial charge in [-0.2, -0.15) is 0 Å². The topological polar surface area (TPSA) is 33.4 Å². The number of halogens is 3. The Morgan fingerprint density at radius 3 is 1.80 bits per heavy atom. The highest BCUT2D eigenvalue weighted by Gasteiger charge is 2.26. The van der Waals surface area contributed by atoms with Crippen LogP contribution in [0.3, 0.4) is 0 Å². The molecule has 0 spiro atoms. The summed E-state index contributed by atoms with van der Waals surface area (Å²) in [5.41, 5.74) is 5.29. The van der Waals surface area contributed by atoms with Crippen LogP contribution >= 0.6 is 36.4 Å². The maximum atomic E-state index is 13.5. The summed E-state index contributed by atoms with van der Waals surface area (Å²) < 4.78 is 3.67. The van der Waals surface area contributed by atoms with Gasteiger partial charge in [0.05, 0.1) is 22.8 Å². The molecule has 0 atom stereocenters. The molecule has 0 bridgehead atoms. The molecule has 8 heteroatoms. The Morgan fingerprint density at radius 1 is 0.659 bits per heavy atom. The van der Waals surface area contributed by atoms with E-state index in [1.165, 1.54) is 11.1 Å². The zero-order valence-electron chi connectivity index (χ0n) is 22.8. The Hall–Kier alpha value is -3.06. The molecule has 0 amide bonds. The molecule has 0 unspecified atom stereocenters. The van der Waals surface area contributed by atoms with E-state index in [0.717, 1.165) is 55.9 Å². The minimum Gasteiger partial charge on any atom is -0.301 e. The molecule has 1 saturated heterocycles. The number of fused-ring (bicyclic) bond motifs is 1. The molecule has 0 aliphatic carbocycles. The largest absolute Gasteiger partial charge is 0.333 e. The van der Waals surface area contributed by atoms with Crippen LogP contribution in [0.15, 0.2) is 114 Å². The van der Waals surface area contributed by atoms with Gasteiger partial charge < -0.3 is 4.90 Å². The third kappa shape index (κ3) is 6.72. The third-order valence-electron chi connectivity index (χ3n) is 7.76. The summed E-state index contributed by atoms with van der Waals surface area (Å²) in [6.45, 7) is 5.71. The fraction of sp³-hybridized carbons (Fsp3) is 0.242. The van der Waals surface area contributed by atoms with Crippen molar-refractivity contribution in [2.45, 2.75) is 19.0 Å². The fourth-order valence-electron chi connectivity index (χ4n) is 5.86. The number of aryl methyl sites for hydroxylation is 1. The van der Waals surface area contributed by atoms with Gasteiger partial charge in [0, 0.05) is 37.7 Å². The maximum absolute atomic E-state index is 13.5. The molecule has 1 aliphatic heterocycles. The smallest absolute Gasteiger partial charge is 0.301 e. The molecule has 41 heavy (non-hydrogen) atoms. The van der Waals surface area contributed by atoms with Crippen molar-refractivity contribution in [3.8, 4) is 5.69 Å². The first kappa shape index (κ1) is 30.9. The van der Waals surface area contributed by atoms with Crippen molar-refractivity contribution in [3.05, 3.63) is 136 Å². The molecule has 5 nitrogen and oxygen atoms in total. The van der Waals surface area contributed by atoms with Gasteiger partial charge in [0.1, 0.15) is 0 Å². The van der Waals surface area contributed by atoms with E-state index < -0.39 is 0 Å². The van der Waals surface area contributed by atoms with E-state index in [4.69, 9.17) is 11.6 Å². The Balaban J connectivity index is 0.00000194. The van der Waals surface area contributed by atoms with Crippen LogP contribution in [0.2, 0.25) is 5.02 Å². The lowest BCUT2D eigenvalue weighted by Gasteiger charge is -2.39. The Labute approximate surface area is 258 Å². The predicted octanol–water partition coefficient (Wildman–Crippen LogP) is 7.09. The van der Waals surface area contributed by atoms with Crippen LogP contribution in [0.4, 0.5) is 0 Å². The van der Waals surface area contributed by atoms with Gasteiger partial charge in [-0.15, -0.1) is 24.8 Å². The van der Waals surface area contributed by atoms with E-state index in [9.17, 15) is 4.79 Å². The molecule has 0 N–H and O–H groups in total. The second-order valence-electron chi connectivity index (χ2n) is 10.2. The summed E-state index contributed by atoms with van der Waals surface area (Å²) in [6.07, 6.45) is 0.914. The number of rotatable bonds is 8. The number of piperazine rings is 1. The van der Waals surface area contributed by atoms with Crippen molar-refractivity contribution < 1.29 is 0 Å². The van der Waals surface area contributed by atoms with Gasteiger partial charge in [0.2, 0.25) is 0 Å². The van der Waals surface area contributed by atoms with Gasteiger partial charge in [0.15, 0.2) is 0 Å². The summed E-state index contributed by atoms with van der Waals surface area (Å²) in [6, 6.07) is 37.4. The molecule has 1 fully saturated rings. The van der Waals surface area contributed by atoms with Gasteiger partial charge in [-0.3, -0.25) is 14.0 Å². The van der Waals surface area contributed by atoms with Crippen LogP contribution in [0.25, 0.3) is 16.7 Å². The van der Waals surface area contributed by atoms with E-state index in [2.05, 4.69) is 70.5 Å². The maximum Gasteiger partial charge on any atom is 0.333 e. The van der Waals surface area contributed by atoms with Crippen molar-refractivity contribution in [2.75, 3.05) is 32.7 Å². The lowest BCUT2D eigenvalue weighted by atomic mass is 9.96. The van der Waals surface area contributed by atoms with E-state index >= 15 is 0 Å². The minimum atomic E-state index is -0.0168. The van der Waals surface area contributed by atoms with E-state index in [1.54, 1.807) is 4.57 Å². The minimum absolute atomic E-state index is 0. The monoisotopic (exact) mass is 608 g/mol. The summed E-state index contributed by atoms with van der Waals surface area (Å²) in [7, 11) is 0. The number of para-hydroxylation sites is 1.